The summed E-state index contributed by atoms with van der Waals surface area (Å²) < 4.78 is 5.40. The van der Waals surface area contributed by atoms with Gasteiger partial charge in [0.1, 0.15) is 5.60 Å². The van der Waals surface area contributed by atoms with Crippen molar-refractivity contribution in [2.24, 2.45) is 5.92 Å². The van der Waals surface area contributed by atoms with Crippen molar-refractivity contribution < 1.29 is 14.3 Å². The third-order valence-corrected chi connectivity index (χ3v) is 4.21. The maximum atomic E-state index is 12.8. The number of benzene rings is 2. The molecular formula is C23H27NO3. The lowest BCUT2D eigenvalue weighted by Crippen LogP contribution is -2.38. The van der Waals surface area contributed by atoms with Gasteiger partial charge in [-0.3, -0.25) is 4.79 Å². The maximum Gasteiger partial charge on any atom is 0.408 e. The number of hydrogen-bond acceptors (Lipinski definition) is 3. The Morgan fingerprint density at radius 3 is 2.00 bits per heavy atom. The Labute approximate surface area is 161 Å². The van der Waals surface area contributed by atoms with Crippen LogP contribution in [0.4, 0.5) is 4.79 Å². The van der Waals surface area contributed by atoms with Gasteiger partial charge in [-0.15, -0.1) is 0 Å². The van der Waals surface area contributed by atoms with Gasteiger partial charge in [-0.25, -0.2) is 4.79 Å². The molecule has 0 heterocycles. The third kappa shape index (κ3) is 5.81. The fourth-order valence-electron chi connectivity index (χ4n) is 2.77. The molecule has 142 valence electrons. The first-order valence-electron chi connectivity index (χ1n) is 9.02. The first-order chi connectivity index (χ1) is 12.7. The molecule has 0 aliphatic rings. The van der Waals surface area contributed by atoms with Crippen LogP contribution in [-0.4, -0.2) is 17.5 Å². The van der Waals surface area contributed by atoms with Crippen molar-refractivity contribution in [3.8, 4) is 0 Å². The van der Waals surface area contributed by atoms with E-state index in [1.54, 1.807) is 12.1 Å². The fourth-order valence-corrected chi connectivity index (χ4v) is 2.77. The van der Waals surface area contributed by atoms with Crippen LogP contribution < -0.4 is 5.32 Å². The molecule has 0 spiro atoms. The molecule has 1 amide bonds. The zero-order chi connectivity index (χ0) is 20.0. The van der Waals surface area contributed by atoms with Gasteiger partial charge in [-0.2, -0.15) is 0 Å². The van der Waals surface area contributed by atoms with Crippen molar-refractivity contribution in [2.75, 3.05) is 0 Å². The van der Waals surface area contributed by atoms with Crippen LogP contribution >= 0.6 is 0 Å². The number of nitrogens with one attached hydrogen (secondary N) is 1. The summed E-state index contributed by atoms with van der Waals surface area (Å²) in [6.45, 7) is 11.3. The van der Waals surface area contributed by atoms with Gasteiger partial charge in [0, 0.05) is 11.5 Å². The average molecular weight is 365 g/mol. The Kier molecular flexibility index (Phi) is 6.56. The summed E-state index contributed by atoms with van der Waals surface area (Å²) in [5, 5.41) is 2.90. The normalized spacial score (nSPS) is 13.3. The minimum Gasteiger partial charge on any atom is -0.444 e. The molecule has 0 unspecified atom stereocenters. The quantitative estimate of drug-likeness (QED) is 0.556. The summed E-state index contributed by atoms with van der Waals surface area (Å²) in [6, 6.07) is 18.1. The Morgan fingerprint density at radius 2 is 1.48 bits per heavy atom. The standard InChI is InChI=1S/C23H27NO3/c1-16(17(2)21(25)19-14-10-7-11-15-19)20(18-12-8-6-9-13-18)24-22(26)27-23(3,4)5/h6-16,20H,2H2,1,3-5H3,(H,24,26)/t16-,20-/m0/s1. The first kappa shape index (κ1) is 20.4. The number of ketones is 1. The molecule has 0 aromatic heterocycles. The van der Waals surface area contributed by atoms with E-state index in [1.165, 1.54) is 0 Å². The molecule has 0 aliphatic carbocycles. The van der Waals surface area contributed by atoms with Crippen LogP contribution in [0, 0.1) is 5.92 Å². The van der Waals surface area contributed by atoms with E-state index in [4.69, 9.17) is 4.74 Å². The Bertz CT molecular complexity index is 791. The number of carbonyl (C=O) groups excluding carboxylic acids is 2. The summed E-state index contributed by atoms with van der Waals surface area (Å²) in [5.41, 5.74) is 1.30. The van der Waals surface area contributed by atoms with Gasteiger partial charge >= 0.3 is 6.09 Å². The second-order valence-corrected chi connectivity index (χ2v) is 7.54. The molecule has 4 heteroatoms. The Balaban J connectivity index is 2.25. The Hall–Kier alpha value is -2.88. The molecule has 1 N–H and O–H groups in total. The van der Waals surface area contributed by atoms with Crippen LogP contribution in [0.3, 0.4) is 0 Å². The first-order valence-corrected chi connectivity index (χ1v) is 9.02. The smallest absolute Gasteiger partial charge is 0.408 e. The van der Waals surface area contributed by atoms with Gasteiger partial charge in [0.05, 0.1) is 6.04 Å². The highest BCUT2D eigenvalue weighted by molar-refractivity contribution is 6.08. The molecule has 2 aromatic carbocycles. The summed E-state index contributed by atoms with van der Waals surface area (Å²) >= 11 is 0. The van der Waals surface area contributed by atoms with Crippen LogP contribution in [-0.2, 0) is 4.74 Å². The zero-order valence-electron chi connectivity index (χ0n) is 16.4. The van der Waals surface area contributed by atoms with Crippen LogP contribution in [0.1, 0.15) is 49.7 Å². The van der Waals surface area contributed by atoms with E-state index < -0.39 is 17.7 Å². The number of ether oxygens (including phenoxy) is 1. The molecule has 0 saturated carbocycles. The van der Waals surface area contributed by atoms with Crippen molar-refractivity contribution in [3.63, 3.8) is 0 Å². The predicted molar refractivity (Wildman–Crippen MR) is 108 cm³/mol. The van der Waals surface area contributed by atoms with Crippen molar-refractivity contribution >= 4 is 11.9 Å². The van der Waals surface area contributed by atoms with Crippen LogP contribution in [0.25, 0.3) is 0 Å². The SMILES string of the molecule is C=C(C(=O)c1ccccc1)[C@H](C)[C@H](NC(=O)OC(C)(C)C)c1ccccc1. The van der Waals surface area contributed by atoms with E-state index in [1.807, 2.05) is 76.2 Å². The van der Waals surface area contributed by atoms with Gasteiger partial charge in [-0.1, -0.05) is 74.2 Å². The van der Waals surface area contributed by atoms with Crippen molar-refractivity contribution in [3.05, 3.63) is 83.9 Å². The molecular weight excluding hydrogens is 338 g/mol. The highest BCUT2D eigenvalue weighted by Gasteiger charge is 2.28. The molecule has 0 bridgehead atoms. The topological polar surface area (TPSA) is 55.4 Å². The summed E-state index contributed by atoms with van der Waals surface area (Å²) in [7, 11) is 0. The lowest BCUT2D eigenvalue weighted by atomic mass is 9.85. The van der Waals surface area contributed by atoms with E-state index in [0.29, 0.717) is 11.1 Å². The number of Topliss-reactive ketones (excluding diaryl/α,β-unsaturated/α-hetero) is 1. The molecule has 2 rings (SSSR count). The molecule has 2 aromatic rings. The second kappa shape index (κ2) is 8.67. The monoisotopic (exact) mass is 365 g/mol. The van der Waals surface area contributed by atoms with E-state index >= 15 is 0 Å². The third-order valence-electron chi connectivity index (χ3n) is 4.21. The van der Waals surface area contributed by atoms with Crippen LogP contribution in [0.15, 0.2) is 72.8 Å². The Morgan fingerprint density at radius 1 is 0.963 bits per heavy atom. The fraction of sp³-hybridized carbons (Fsp3) is 0.304. The molecule has 0 aliphatic heterocycles. The van der Waals surface area contributed by atoms with Crippen LogP contribution in [0.2, 0.25) is 0 Å². The summed E-state index contributed by atoms with van der Waals surface area (Å²) in [4.78, 5) is 25.2. The summed E-state index contributed by atoms with van der Waals surface area (Å²) in [6.07, 6.45) is -0.525. The highest BCUT2D eigenvalue weighted by atomic mass is 16.6. The van der Waals surface area contributed by atoms with Crippen molar-refractivity contribution in [1.82, 2.24) is 5.32 Å². The largest absolute Gasteiger partial charge is 0.444 e. The van der Waals surface area contributed by atoms with Gasteiger partial charge in [0.25, 0.3) is 0 Å². The van der Waals surface area contributed by atoms with Gasteiger partial charge in [0.2, 0.25) is 0 Å². The number of alkyl carbamates (subject to hydrolysis) is 1. The molecule has 0 saturated heterocycles. The lowest BCUT2D eigenvalue weighted by molar-refractivity contribution is 0.0490. The molecule has 27 heavy (non-hydrogen) atoms. The maximum absolute atomic E-state index is 12.8. The lowest BCUT2D eigenvalue weighted by Gasteiger charge is -2.28. The molecule has 0 radical (unpaired) electrons. The van der Waals surface area contributed by atoms with Crippen LogP contribution in [0.5, 0.6) is 0 Å². The highest BCUT2D eigenvalue weighted by Crippen LogP contribution is 2.29. The van der Waals surface area contributed by atoms with Gasteiger partial charge in [-0.05, 0) is 31.9 Å². The number of hydrogen-bond donors (Lipinski definition) is 1. The second-order valence-electron chi connectivity index (χ2n) is 7.54. The van der Waals surface area contributed by atoms with Crippen molar-refractivity contribution in [1.29, 1.82) is 0 Å². The molecule has 0 fully saturated rings. The zero-order valence-corrected chi connectivity index (χ0v) is 16.4. The van der Waals surface area contributed by atoms with Gasteiger partial charge in [0.15, 0.2) is 5.78 Å². The average Bonchev–Trinajstić information content (AvgIpc) is 2.64. The number of amides is 1. The van der Waals surface area contributed by atoms with E-state index in [-0.39, 0.29) is 11.7 Å². The van der Waals surface area contributed by atoms with E-state index in [0.717, 1.165) is 5.56 Å². The number of carbonyl (C=O) groups is 2. The minimum absolute atomic E-state index is 0.130. The minimum atomic E-state index is -0.606. The van der Waals surface area contributed by atoms with E-state index in [2.05, 4.69) is 11.9 Å². The van der Waals surface area contributed by atoms with E-state index in [9.17, 15) is 9.59 Å². The molecule has 2 atom stereocenters. The summed E-state index contributed by atoms with van der Waals surface area (Å²) in [5.74, 6) is -0.442. The number of rotatable bonds is 6. The van der Waals surface area contributed by atoms with Gasteiger partial charge < -0.3 is 10.1 Å². The molecule has 4 nitrogen and oxygen atoms in total. The predicted octanol–water partition coefficient (Wildman–Crippen LogP) is 5.33. The van der Waals surface area contributed by atoms with Crippen molar-refractivity contribution in [2.45, 2.75) is 39.3 Å².